The summed E-state index contributed by atoms with van der Waals surface area (Å²) in [6.07, 6.45) is 10.8. The number of aliphatic carboxylic acids is 1. The summed E-state index contributed by atoms with van der Waals surface area (Å²) in [4.78, 5) is 22.4. The summed E-state index contributed by atoms with van der Waals surface area (Å²) in [6, 6.07) is 0. The minimum atomic E-state index is -1.72. The first-order valence-corrected chi connectivity index (χ1v) is 7.48. The van der Waals surface area contributed by atoms with E-state index in [0.717, 1.165) is 19.3 Å². The van der Waals surface area contributed by atoms with E-state index in [2.05, 4.69) is 6.92 Å². The number of nitrogens with two attached hydrogens (primary N) is 1. The Bertz CT molecular complexity index is 275. The maximum atomic E-state index is 11.6. The van der Waals surface area contributed by atoms with Gasteiger partial charge in [-0.3, -0.25) is 4.79 Å². The van der Waals surface area contributed by atoms with E-state index >= 15 is 0 Å². The summed E-state index contributed by atoms with van der Waals surface area (Å²) in [5.41, 5.74) is 3.74. The molecule has 4 nitrogen and oxygen atoms in total. The van der Waals surface area contributed by atoms with Crippen LogP contribution in [0.1, 0.15) is 78.1 Å². The highest BCUT2D eigenvalue weighted by Crippen LogP contribution is 2.13. The first-order chi connectivity index (χ1) is 8.92. The third kappa shape index (κ3) is 7.98. The standard InChI is InChI=1S/C15H29NO3/c1-3-4-5-6-7-8-9-10-11-12-13(17)15(2,16)14(18)19/h3-12,16H2,1-2H3,(H,18,19). The minimum Gasteiger partial charge on any atom is -0.480 e. The van der Waals surface area contributed by atoms with Crippen LogP contribution in [0, 0.1) is 0 Å². The average Bonchev–Trinajstić information content (AvgIpc) is 2.36. The Labute approximate surface area is 116 Å². The molecule has 0 fully saturated rings. The van der Waals surface area contributed by atoms with Gasteiger partial charge in [0.2, 0.25) is 0 Å². The number of carboxylic acid groups (broad SMARTS) is 1. The lowest BCUT2D eigenvalue weighted by Gasteiger charge is -2.17. The lowest BCUT2D eigenvalue weighted by atomic mass is 9.93. The Balaban J connectivity index is 3.50. The molecule has 0 rings (SSSR count). The third-order valence-corrected chi connectivity index (χ3v) is 3.53. The molecule has 112 valence electrons. The first-order valence-electron chi connectivity index (χ1n) is 7.48. The molecule has 0 aliphatic heterocycles. The number of unbranched alkanes of at least 4 members (excludes halogenated alkanes) is 8. The fourth-order valence-corrected chi connectivity index (χ4v) is 1.98. The molecule has 0 heterocycles. The molecule has 0 aliphatic carbocycles. The van der Waals surface area contributed by atoms with Crippen molar-refractivity contribution >= 4 is 11.8 Å². The summed E-state index contributed by atoms with van der Waals surface area (Å²) >= 11 is 0. The van der Waals surface area contributed by atoms with Gasteiger partial charge in [0.1, 0.15) is 0 Å². The van der Waals surface area contributed by atoms with Gasteiger partial charge in [0.15, 0.2) is 11.3 Å². The van der Waals surface area contributed by atoms with Crippen LogP contribution in [0.25, 0.3) is 0 Å². The van der Waals surface area contributed by atoms with Crippen molar-refractivity contribution in [1.82, 2.24) is 0 Å². The Morgan fingerprint density at radius 2 is 1.37 bits per heavy atom. The molecule has 0 radical (unpaired) electrons. The van der Waals surface area contributed by atoms with Crippen LogP contribution in [0.15, 0.2) is 0 Å². The quantitative estimate of drug-likeness (QED) is 0.421. The Kier molecular flexibility index (Phi) is 9.48. The second kappa shape index (κ2) is 9.96. The second-order valence-corrected chi connectivity index (χ2v) is 5.51. The van der Waals surface area contributed by atoms with E-state index in [-0.39, 0.29) is 12.2 Å². The van der Waals surface area contributed by atoms with E-state index in [1.165, 1.54) is 45.4 Å². The van der Waals surface area contributed by atoms with Gasteiger partial charge < -0.3 is 10.8 Å². The van der Waals surface area contributed by atoms with Gasteiger partial charge >= 0.3 is 5.97 Å². The molecular formula is C15H29NO3. The van der Waals surface area contributed by atoms with E-state index in [0.29, 0.717) is 0 Å². The second-order valence-electron chi connectivity index (χ2n) is 5.51. The van der Waals surface area contributed by atoms with Crippen LogP contribution in [0.5, 0.6) is 0 Å². The van der Waals surface area contributed by atoms with Crippen molar-refractivity contribution in [2.45, 2.75) is 83.6 Å². The number of carboxylic acids is 1. The van der Waals surface area contributed by atoms with Gasteiger partial charge in [-0.1, -0.05) is 58.3 Å². The molecule has 19 heavy (non-hydrogen) atoms. The number of hydrogen-bond donors (Lipinski definition) is 2. The van der Waals surface area contributed by atoms with E-state index in [1.807, 2.05) is 0 Å². The molecule has 1 atom stereocenters. The topological polar surface area (TPSA) is 80.4 Å². The SMILES string of the molecule is CCCCCCCCCCCC(=O)C(C)(N)C(=O)O. The van der Waals surface area contributed by atoms with Gasteiger partial charge in [0.05, 0.1) is 0 Å². The number of carbonyl (C=O) groups excluding carboxylic acids is 1. The summed E-state index contributed by atoms with van der Waals surface area (Å²) in [5.74, 6) is -1.61. The maximum Gasteiger partial charge on any atom is 0.331 e. The fraction of sp³-hybridized carbons (Fsp3) is 0.867. The number of rotatable bonds is 12. The van der Waals surface area contributed by atoms with Crippen molar-refractivity contribution in [1.29, 1.82) is 0 Å². The average molecular weight is 271 g/mol. The molecule has 3 N–H and O–H groups in total. The van der Waals surface area contributed by atoms with Crippen molar-refractivity contribution in [3.63, 3.8) is 0 Å². The third-order valence-electron chi connectivity index (χ3n) is 3.53. The van der Waals surface area contributed by atoms with Crippen LogP contribution < -0.4 is 5.73 Å². The van der Waals surface area contributed by atoms with Crippen LogP contribution >= 0.6 is 0 Å². The first kappa shape index (κ1) is 18.1. The molecule has 4 heteroatoms. The number of Topliss-reactive ketones (excluding diaryl/α,β-unsaturated/α-hetero) is 1. The van der Waals surface area contributed by atoms with E-state index in [9.17, 15) is 9.59 Å². The summed E-state index contributed by atoms with van der Waals surface area (Å²) < 4.78 is 0. The highest BCUT2D eigenvalue weighted by Gasteiger charge is 2.35. The van der Waals surface area contributed by atoms with Crippen LogP contribution in [0.3, 0.4) is 0 Å². The summed E-state index contributed by atoms with van der Waals surface area (Å²) in [6.45, 7) is 3.48. The van der Waals surface area contributed by atoms with Crippen LogP contribution in [0.4, 0.5) is 0 Å². The van der Waals surface area contributed by atoms with Crippen LogP contribution in [-0.2, 0) is 9.59 Å². The number of carbonyl (C=O) groups is 2. The molecule has 0 saturated heterocycles. The van der Waals surface area contributed by atoms with Gasteiger partial charge in [-0.15, -0.1) is 0 Å². The smallest absolute Gasteiger partial charge is 0.331 e. The molecule has 0 amide bonds. The van der Waals surface area contributed by atoms with Crippen molar-refractivity contribution < 1.29 is 14.7 Å². The van der Waals surface area contributed by atoms with Crippen molar-refractivity contribution in [3.8, 4) is 0 Å². The van der Waals surface area contributed by atoms with Crippen molar-refractivity contribution in [2.75, 3.05) is 0 Å². The lowest BCUT2D eigenvalue weighted by molar-refractivity contribution is -0.147. The Morgan fingerprint density at radius 3 is 1.79 bits per heavy atom. The van der Waals surface area contributed by atoms with Crippen LogP contribution in [-0.4, -0.2) is 22.4 Å². The molecule has 0 aliphatic rings. The van der Waals surface area contributed by atoms with Gasteiger partial charge in [-0.25, -0.2) is 4.79 Å². The summed E-state index contributed by atoms with van der Waals surface area (Å²) in [7, 11) is 0. The fourth-order valence-electron chi connectivity index (χ4n) is 1.98. The van der Waals surface area contributed by atoms with Crippen molar-refractivity contribution in [2.24, 2.45) is 5.73 Å². The normalized spacial score (nSPS) is 14.1. The maximum absolute atomic E-state index is 11.6. The van der Waals surface area contributed by atoms with Gasteiger partial charge in [0.25, 0.3) is 0 Å². The molecule has 0 bridgehead atoms. The zero-order chi connectivity index (χ0) is 14.7. The Morgan fingerprint density at radius 1 is 0.947 bits per heavy atom. The van der Waals surface area contributed by atoms with Crippen LogP contribution in [0.2, 0.25) is 0 Å². The highest BCUT2D eigenvalue weighted by molar-refractivity contribution is 6.06. The zero-order valence-corrected chi connectivity index (χ0v) is 12.4. The largest absolute Gasteiger partial charge is 0.480 e. The van der Waals surface area contributed by atoms with E-state index in [1.54, 1.807) is 0 Å². The molecule has 0 aromatic carbocycles. The minimum absolute atomic E-state index is 0.273. The molecular weight excluding hydrogens is 242 g/mol. The molecule has 0 spiro atoms. The predicted octanol–water partition coefficient (Wildman–Crippen LogP) is 3.28. The lowest BCUT2D eigenvalue weighted by Crippen LogP contribution is -2.52. The van der Waals surface area contributed by atoms with E-state index in [4.69, 9.17) is 10.8 Å². The highest BCUT2D eigenvalue weighted by atomic mass is 16.4. The van der Waals surface area contributed by atoms with Gasteiger partial charge in [-0.05, 0) is 13.3 Å². The number of ketones is 1. The zero-order valence-electron chi connectivity index (χ0n) is 12.4. The summed E-state index contributed by atoms with van der Waals surface area (Å²) in [5, 5.41) is 8.81. The molecule has 1 unspecified atom stereocenters. The number of hydrogen-bond acceptors (Lipinski definition) is 3. The monoisotopic (exact) mass is 271 g/mol. The Hall–Kier alpha value is -0.900. The molecule has 0 aromatic rings. The molecule has 0 aromatic heterocycles. The van der Waals surface area contributed by atoms with Gasteiger partial charge in [-0.2, -0.15) is 0 Å². The molecule has 0 saturated carbocycles. The predicted molar refractivity (Wildman–Crippen MR) is 77.1 cm³/mol. The van der Waals surface area contributed by atoms with Gasteiger partial charge in [0, 0.05) is 6.42 Å². The van der Waals surface area contributed by atoms with E-state index < -0.39 is 11.5 Å². The van der Waals surface area contributed by atoms with Crippen molar-refractivity contribution in [3.05, 3.63) is 0 Å².